The number of aromatic nitrogens is 2. The van der Waals surface area contributed by atoms with E-state index in [0.717, 1.165) is 25.9 Å². The van der Waals surface area contributed by atoms with E-state index in [1.54, 1.807) is 6.07 Å². The molecule has 0 radical (unpaired) electrons. The third kappa shape index (κ3) is 6.21. The molecule has 2 amide bonds. The number of imidazole rings is 1. The van der Waals surface area contributed by atoms with Crippen molar-refractivity contribution in [1.29, 1.82) is 0 Å². The van der Waals surface area contributed by atoms with Gasteiger partial charge in [-0.05, 0) is 0 Å². The van der Waals surface area contributed by atoms with Gasteiger partial charge in [0.2, 0.25) is 0 Å². The molecule has 8 heteroatoms. The van der Waals surface area contributed by atoms with Crippen LogP contribution in [0.1, 0.15) is 83.5 Å². The first-order valence-corrected chi connectivity index (χ1v) is 20.3. The van der Waals surface area contributed by atoms with Gasteiger partial charge >= 0.3 is 220 Å². The summed E-state index contributed by atoms with van der Waals surface area (Å²) in [6.45, 7) is 13.4. The Labute approximate surface area is 219 Å². The van der Waals surface area contributed by atoms with E-state index in [1.165, 1.54) is 25.3 Å². The summed E-state index contributed by atoms with van der Waals surface area (Å²) in [5.74, 6) is -1.55. The van der Waals surface area contributed by atoms with Gasteiger partial charge in [0.25, 0.3) is 0 Å². The first-order valence-electron chi connectivity index (χ1n) is 13.4. The van der Waals surface area contributed by atoms with Crippen molar-refractivity contribution in [2.24, 2.45) is 0 Å². The maximum atomic E-state index is 13.0. The molecule has 1 fully saturated rings. The fourth-order valence-corrected chi connectivity index (χ4v) is 23.2. The van der Waals surface area contributed by atoms with Crippen molar-refractivity contribution in [3.63, 3.8) is 0 Å². The number of rotatable bonds is 13. The molecule has 1 aliphatic rings. The minimum atomic E-state index is -3.18. The van der Waals surface area contributed by atoms with Gasteiger partial charge in [-0.3, -0.25) is 0 Å². The van der Waals surface area contributed by atoms with Gasteiger partial charge in [-0.25, -0.2) is 0 Å². The summed E-state index contributed by atoms with van der Waals surface area (Å²) in [6, 6.07) is 7.91. The molecule has 0 aliphatic carbocycles. The molecular weight excluding hydrogens is 561 g/mol. The quantitative estimate of drug-likeness (QED) is 0.188. The van der Waals surface area contributed by atoms with Gasteiger partial charge < -0.3 is 0 Å². The second-order valence-electron chi connectivity index (χ2n) is 10.6. The monoisotopic (exact) mass is 604 g/mol. The zero-order valence-electron chi connectivity index (χ0n) is 22.6. The average molecular weight is 603 g/mol. The van der Waals surface area contributed by atoms with E-state index >= 15 is 0 Å². The Balaban J connectivity index is 2.00. The van der Waals surface area contributed by atoms with Crippen LogP contribution in [0.2, 0.25) is 12.3 Å². The van der Waals surface area contributed by atoms with Crippen LogP contribution in [0, 0.1) is 0 Å². The molecule has 36 heavy (non-hydrogen) atoms. The van der Waals surface area contributed by atoms with Gasteiger partial charge in [0.1, 0.15) is 0 Å². The van der Waals surface area contributed by atoms with Gasteiger partial charge in [0, 0.05) is 0 Å². The number of nitrogens with zero attached hydrogens (tertiary/aromatic N) is 3. The number of benzene rings is 1. The van der Waals surface area contributed by atoms with Gasteiger partial charge in [-0.15, -0.1) is 0 Å². The van der Waals surface area contributed by atoms with Crippen LogP contribution in [-0.2, 0) is 27.5 Å². The Kier molecular flexibility index (Phi) is 9.78. The Morgan fingerprint density at radius 1 is 1.06 bits per heavy atom. The molecule has 3 rings (SSSR count). The van der Waals surface area contributed by atoms with Crippen LogP contribution >= 0.6 is 0 Å². The predicted molar refractivity (Wildman–Crippen MR) is 142 cm³/mol. The summed E-state index contributed by atoms with van der Waals surface area (Å²) in [7, 11) is 0. The Morgan fingerprint density at radius 2 is 1.69 bits per heavy atom. The molecule has 1 aliphatic heterocycles. The number of carbonyl (C=O) groups is 3. The molecule has 0 unspecified atom stereocenters. The first kappa shape index (κ1) is 28.4. The molecule has 0 N–H and O–H groups in total. The molecule has 2 aromatic rings. The van der Waals surface area contributed by atoms with Crippen LogP contribution in [0.15, 0.2) is 43.0 Å². The van der Waals surface area contributed by atoms with E-state index in [4.69, 9.17) is 4.84 Å². The number of hydrogen-bond donors (Lipinski definition) is 0. The third-order valence-corrected chi connectivity index (χ3v) is 26.5. The van der Waals surface area contributed by atoms with E-state index in [0.29, 0.717) is 10.6 Å². The maximum absolute atomic E-state index is 13.0. The SMILES string of the molecule is CCC[CH2][Sn]([CH2]CCC)([c]1cccc(C(=O)ON2C(=O)CCC2=O)c1)[C](C)(C)C[n+]1ccn(CC)c1. The molecule has 0 spiro atoms. The van der Waals surface area contributed by atoms with Crippen molar-refractivity contribution in [3.8, 4) is 0 Å². The van der Waals surface area contributed by atoms with Crippen LogP contribution in [0.25, 0.3) is 0 Å². The van der Waals surface area contributed by atoms with Gasteiger partial charge in [-0.1, -0.05) is 0 Å². The van der Waals surface area contributed by atoms with Gasteiger partial charge in [-0.2, -0.15) is 0 Å². The molecule has 2 heterocycles. The average Bonchev–Trinajstić information content (AvgIpc) is 3.45. The topological polar surface area (TPSA) is 72.5 Å². The fourth-order valence-electron chi connectivity index (χ4n) is 5.50. The second kappa shape index (κ2) is 12.4. The Hall–Kier alpha value is -2.16. The molecule has 1 saturated heterocycles. The summed E-state index contributed by atoms with van der Waals surface area (Å²) in [6.07, 6.45) is 11.3. The normalized spacial score (nSPS) is 14.5. The number of hydrogen-bond acceptors (Lipinski definition) is 4. The number of amides is 2. The van der Waals surface area contributed by atoms with Crippen LogP contribution in [0.4, 0.5) is 0 Å². The van der Waals surface area contributed by atoms with E-state index in [9.17, 15) is 14.4 Å². The number of imide groups is 1. The molecule has 1 aromatic heterocycles. The predicted octanol–water partition coefficient (Wildman–Crippen LogP) is 4.75. The Bertz CT molecular complexity index is 1050. The van der Waals surface area contributed by atoms with E-state index in [-0.39, 0.29) is 16.3 Å². The van der Waals surface area contributed by atoms with Crippen molar-refractivity contribution >= 4 is 39.7 Å². The number of carbonyl (C=O) groups excluding carboxylic acids is 3. The van der Waals surface area contributed by atoms with Crippen LogP contribution in [-0.4, -0.2) is 45.8 Å². The molecule has 196 valence electrons. The second-order valence-corrected chi connectivity index (χ2v) is 25.2. The third-order valence-electron chi connectivity index (χ3n) is 7.73. The summed E-state index contributed by atoms with van der Waals surface area (Å²) < 4.78 is 8.36. The standard InChI is InChI=1S/C11H8NO4.C9H16N2.2C4H9.Sn/c13-9-6-7-10(14)12(9)16-11(15)8-4-2-1-3-5-8;1-4-10-5-6-11(8-10)7-9(2)3;2*1-3-4-2;/h1-2,4-5H,6-7H2;5-6,8H,4,7H2,1-3H3;2*1,3-4H2,2H3;/q;+1;;;. The molecule has 0 atom stereocenters. The van der Waals surface area contributed by atoms with E-state index in [1.807, 2.05) is 12.1 Å². The first-order chi connectivity index (χ1) is 17.2. The van der Waals surface area contributed by atoms with Crippen molar-refractivity contribution < 1.29 is 23.8 Å². The molecular formula is C28H42N3O4Sn+. The number of aryl methyl sites for hydroxylation is 1. The van der Waals surface area contributed by atoms with E-state index < -0.39 is 36.2 Å². The van der Waals surface area contributed by atoms with Crippen molar-refractivity contribution in [2.45, 2.75) is 98.5 Å². The molecule has 0 bridgehead atoms. The fraction of sp³-hybridized carbons (Fsp3) is 0.571. The molecule has 0 saturated carbocycles. The van der Waals surface area contributed by atoms with Crippen molar-refractivity contribution in [1.82, 2.24) is 9.63 Å². The van der Waals surface area contributed by atoms with Crippen LogP contribution in [0.3, 0.4) is 0 Å². The minimum absolute atomic E-state index is 0.0887. The van der Waals surface area contributed by atoms with Crippen molar-refractivity contribution in [3.05, 3.63) is 48.5 Å². The summed E-state index contributed by atoms with van der Waals surface area (Å²) in [5.41, 5.74) is 0.412. The zero-order chi connectivity index (χ0) is 26.3. The summed E-state index contributed by atoms with van der Waals surface area (Å²) >= 11 is -3.18. The van der Waals surface area contributed by atoms with Gasteiger partial charge in [0.05, 0.1) is 0 Å². The number of unbranched alkanes of at least 4 members (excludes halogenated alkanes) is 2. The van der Waals surface area contributed by atoms with E-state index in [2.05, 4.69) is 68.5 Å². The Morgan fingerprint density at radius 3 is 2.25 bits per heavy atom. The molecule has 1 aromatic carbocycles. The van der Waals surface area contributed by atoms with Crippen molar-refractivity contribution in [2.75, 3.05) is 0 Å². The summed E-state index contributed by atoms with van der Waals surface area (Å²) in [4.78, 5) is 42.2. The van der Waals surface area contributed by atoms with Crippen LogP contribution in [0.5, 0.6) is 0 Å². The summed E-state index contributed by atoms with van der Waals surface area (Å²) in [5, 5.41) is 0.638. The van der Waals surface area contributed by atoms with Crippen LogP contribution < -0.4 is 8.15 Å². The number of hydroxylamine groups is 2. The van der Waals surface area contributed by atoms with Gasteiger partial charge in [0.15, 0.2) is 0 Å². The zero-order valence-corrected chi connectivity index (χ0v) is 25.4. The molecule has 7 nitrogen and oxygen atoms in total.